The Labute approximate surface area is 188 Å². The van der Waals surface area contributed by atoms with Crippen LogP contribution in [0.5, 0.6) is 0 Å². The first-order valence-corrected chi connectivity index (χ1v) is 9.84. The van der Waals surface area contributed by atoms with Gasteiger partial charge in [0.2, 0.25) is 5.82 Å². The third kappa shape index (κ3) is 5.59. The molecule has 3 aromatic rings. The van der Waals surface area contributed by atoms with Crippen molar-refractivity contribution in [3.8, 4) is 11.6 Å². The average Bonchev–Trinajstić information content (AvgIpc) is 3.47. The van der Waals surface area contributed by atoms with Crippen molar-refractivity contribution < 1.29 is 4.42 Å². The number of furan rings is 1. The fourth-order valence-corrected chi connectivity index (χ4v) is 3.60. The van der Waals surface area contributed by atoms with Gasteiger partial charge in [-0.15, -0.1) is 29.1 Å². The molecular weight excluding hydrogens is 479 g/mol. The summed E-state index contributed by atoms with van der Waals surface area (Å²) in [4.78, 5) is 11.6. The Bertz CT molecular complexity index is 893. The maximum Gasteiger partial charge on any atom is 0.216 e. The van der Waals surface area contributed by atoms with E-state index in [4.69, 9.17) is 9.41 Å². The van der Waals surface area contributed by atoms with Crippen molar-refractivity contribution in [3.63, 3.8) is 0 Å². The third-order valence-electron chi connectivity index (χ3n) is 4.94. The minimum atomic E-state index is 0. The van der Waals surface area contributed by atoms with E-state index in [9.17, 15) is 0 Å². The Balaban J connectivity index is 0.00000240. The molecule has 1 unspecified atom stereocenters. The van der Waals surface area contributed by atoms with Gasteiger partial charge in [0.1, 0.15) is 12.4 Å². The van der Waals surface area contributed by atoms with Gasteiger partial charge in [0.25, 0.3) is 0 Å². The number of aromatic nitrogens is 3. The summed E-state index contributed by atoms with van der Waals surface area (Å²) in [5.74, 6) is 3.53. The highest BCUT2D eigenvalue weighted by molar-refractivity contribution is 14.0. The van der Waals surface area contributed by atoms with Crippen LogP contribution in [0.3, 0.4) is 0 Å². The van der Waals surface area contributed by atoms with Gasteiger partial charge in [-0.1, -0.05) is 30.3 Å². The zero-order valence-electron chi connectivity index (χ0n) is 16.5. The Kier molecular flexibility index (Phi) is 7.68. The first kappa shape index (κ1) is 21.4. The molecule has 29 heavy (non-hydrogen) atoms. The Morgan fingerprint density at radius 1 is 1.28 bits per heavy atom. The van der Waals surface area contributed by atoms with E-state index in [0.717, 1.165) is 37.8 Å². The van der Waals surface area contributed by atoms with Crippen molar-refractivity contribution in [1.29, 1.82) is 0 Å². The standard InChI is InChI=1S/C21H26N6O.HI/c1-2-22-21(23-14-19-24-20(26-25-19)18-9-6-12-28-18)27-11-10-17(15-27)13-16-7-4-3-5-8-16;/h3-9,12,17H,2,10-11,13-15H2,1H3,(H,22,23)(H,24,25,26);1H. The number of nitrogens with zero attached hydrogens (tertiary/aromatic N) is 4. The van der Waals surface area contributed by atoms with E-state index in [1.165, 1.54) is 12.0 Å². The number of aliphatic imine (C=N–C) groups is 1. The first-order valence-electron chi connectivity index (χ1n) is 9.84. The molecule has 0 amide bonds. The topological polar surface area (TPSA) is 82.3 Å². The third-order valence-corrected chi connectivity index (χ3v) is 4.94. The minimum Gasteiger partial charge on any atom is -0.461 e. The second-order valence-electron chi connectivity index (χ2n) is 7.04. The van der Waals surface area contributed by atoms with Crippen molar-refractivity contribution in [2.24, 2.45) is 10.9 Å². The second kappa shape index (κ2) is 10.4. The summed E-state index contributed by atoms with van der Waals surface area (Å²) in [6, 6.07) is 14.4. The summed E-state index contributed by atoms with van der Waals surface area (Å²) in [7, 11) is 0. The molecule has 2 aromatic heterocycles. The van der Waals surface area contributed by atoms with Gasteiger partial charge in [-0.25, -0.2) is 9.98 Å². The summed E-state index contributed by atoms with van der Waals surface area (Å²) in [6.07, 6.45) is 3.92. The predicted octanol–water partition coefficient (Wildman–Crippen LogP) is 3.71. The van der Waals surface area contributed by atoms with E-state index in [2.05, 4.69) is 62.7 Å². The van der Waals surface area contributed by atoms with Crippen molar-refractivity contribution >= 4 is 29.9 Å². The molecule has 3 heterocycles. The van der Waals surface area contributed by atoms with Crippen LogP contribution in [-0.4, -0.2) is 45.7 Å². The summed E-state index contributed by atoms with van der Waals surface area (Å²) in [5.41, 5.74) is 1.41. The Morgan fingerprint density at radius 3 is 2.90 bits per heavy atom. The molecule has 0 saturated carbocycles. The number of halogens is 1. The lowest BCUT2D eigenvalue weighted by atomic mass is 9.99. The Hall–Kier alpha value is -2.36. The Morgan fingerprint density at radius 2 is 2.14 bits per heavy atom. The molecule has 154 valence electrons. The quantitative estimate of drug-likeness (QED) is 0.303. The fourth-order valence-electron chi connectivity index (χ4n) is 3.60. The van der Waals surface area contributed by atoms with E-state index in [1.54, 1.807) is 6.26 Å². The number of likely N-dealkylation sites (tertiary alicyclic amines) is 1. The normalized spacial score (nSPS) is 16.7. The van der Waals surface area contributed by atoms with Crippen molar-refractivity contribution in [3.05, 3.63) is 60.1 Å². The molecule has 0 aliphatic carbocycles. The zero-order chi connectivity index (χ0) is 19.2. The maximum absolute atomic E-state index is 5.34. The van der Waals surface area contributed by atoms with Crippen LogP contribution in [0, 0.1) is 5.92 Å². The number of rotatable bonds is 6. The SMILES string of the molecule is CCNC(=NCc1nc(-c2ccco2)n[nH]1)N1CCC(Cc2ccccc2)C1.I. The largest absolute Gasteiger partial charge is 0.461 e. The van der Waals surface area contributed by atoms with Crippen molar-refractivity contribution in [1.82, 2.24) is 25.4 Å². The van der Waals surface area contributed by atoms with Gasteiger partial charge in [-0.3, -0.25) is 5.10 Å². The number of guanidine groups is 1. The number of nitrogens with one attached hydrogen (secondary N) is 2. The van der Waals surface area contributed by atoms with Crippen LogP contribution in [0.25, 0.3) is 11.6 Å². The predicted molar refractivity (Wildman–Crippen MR) is 124 cm³/mol. The van der Waals surface area contributed by atoms with Gasteiger partial charge >= 0.3 is 0 Å². The first-order chi connectivity index (χ1) is 13.8. The van der Waals surface area contributed by atoms with Gasteiger partial charge in [0.15, 0.2) is 11.7 Å². The highest BCUT2D eigenvalue weighted by atomic mass is 127. The van der Waals surface area contributed by atoms with E-state index < -0.39 is 0 Å². The summed E-state index contributed by atoms with van der Waals surface area (Å²) in [6.45, 7) is 5.44. The van der Waals surface area contributed by atoms with Crippen LogP contribution < -0.4 is 5.32 Å². The minimum absolute atomic E-state index is 0. The van der Waals surface area contributed by atoms with E-state index in [1.807, 2.05) is 12.1 Å². The molecule has 0 radical (unpaired) electrons. The molecule has 1 fully saturated rings. The molecule has 1 saturated heterocycles. The second-order valence-corrected chi connectivity index (χ2v) is 7.04. The fraction of sp³-hybridized carbons (Fsp3) is 0.381. The molecule has 1 aliphatic heterocycles. The smallest absolute Gasteiger partial charge is 0.216 e. The lowest BCUT2D eigenvalue weighted by Crippen LogP contribution is -2.40. The van der Waals surface area contributed by atoms with E-state index in [-0.39, 0.29) is 24.0 Å². The van der Waals surface area contributed by atoms with Crippen molar-refractivity contribution in [2.45, 2.75) is 26.3 Å². The summed E-state index contributed by atoms with van der Waals surface area (Å²) < 4.78 is 5.34. The van der Waals surface area contributed by atoms with Crippen LogP contribution in [0.2, 0.25) is 0 Å². The molecule has 8 heteroatoms. The van der Waals surface area contributed by atoms with Crippen LogP contribution in [0.4, 0.5) is 0 Å². The summed E-state index contributed by atoms with van der Waals surface area (Å²) in [5, 5.41) is 10.6. The van der Waals surface area contributed by atoms with Crippen LogP contribution in [-0.2, 0) is 13.0 Å². The highest BCUT2D eigenvalue weighted by Gasteiger charge is 2.25. The monoisotopic (exact) mass is 506 g/mol. The van der Waals surface area contributed by atoms with E-state index in [0.29, 0.717) is 24.0 Å². The van der Waals surface area contributed by atoms with Crippen molar-refractivity contribution in [2.75, 3.05) is 19.6 Å². The molecule has 0 spiro atoms. The van der Waals surface area contributed by atoms with Gasteiger partial charge in [0.05, 0.1) is 6.26 Å². The number of benzene rings is 1. The average molecular weight is 506 g/mol. The van der Waals surface area contributed by atoms with Crippen LogP contribution >= 0.6 is 24.0 Å². The lowest BCUT2D eigenvalue weighted by Gasteiger charge is -2.21. The summed E-state index contributed by atoms with van der Waals surface area (Å²) >= 11 is 0. The number of aromatic amines is 1. The van der Waals surface area contributed by atoms with Crippen LogP contribution in [0.1, 0.15) is 24.7 Å². The number of hydrogen-bond acceptors (Lipinski definition) is 4. The number of hydrogen-bond donors (Lipinski definition) is 2. The van der Waals surface area contributed by atoms with Gasteiger partial charge in [-0.05, 0) is 43.4 Å². The molecular formula is C21H27IN6O. The highest BCUT2D eigenvalue weighted by Crippen LogP contribution is 2.21. The molecule has 2 N–H and O–H groups in total. The lowest BCUT2D eigenvalue weighted by molar-refractivity contribution is 0.459. The number of H-pyrrole nitrogens is 1. The van der Waals surface area contributed by atoms with Crippen LogP contribution in [0.15, 0.2) is 58.1 Å². The van der Waals surface area contributed by atoms with E-state index >= 15 is 0 Å². The zero-order valence-corrected chi connectivity index (χ0v) is 18.9. The molecule has 7 nitrogen and oxygen atoms in total. The van der Waals surface area contributed by atoms with Gasteiger partial charge in [0, 0.05) is 19.6 Å². The molecule has 0 bridgehead atoms. The molecule has 1 atom stereocenters. The molecule has 4 rings (SSSR count). The van der Waals surface area contributed by atoms with Gasteiger partial charge in [-0.2, -0.15) is 0 Å². The van der Waals surface area contributed by atoms with Gasteiger partial charge < -0.3 is 14.6 Å². The molecule has 1 aromatic carbocycles. The maximum atomic E-state index is 5.34. The molecule has 1 aliphatic rings.